The molecule has 0 aliphatic heterocycles. The van der Waals surface area contributed by atoms with E-state index in [0.29, 0.717) is 18.9 Å². The van der Waals surface area contributed by atoms with Crippen molar-refractivity contribution in [3.8, 4) is 0 Å². The van der Waals surface area contributed by atoms with Gasteiger partial charge in [-0.2, -0.15) is 0 Å². The number of amides is 1. The predicted molar refractivity (Wildman–Crippen MR) is 102 cm³/mol. The predicted octanol–water partition coefficient (Wildman–Crippen LogP) is 2.39. The first-order chi connectivity index (χ1) is 11.4. The van der Waals surface area contributed by atoms with E-state index in [0.717, 1.165) is 25.3 Å². The van der Waals surface area contributed by atoms with E-state index in [-0.39, 0.29) is 5.91 Å². The molecule has 0 atom stereocenters. The molecule has 0 saturated carbocycles. The minimum Gasteiger partial charge on any atom is -0.356 e. The molecule has 0 aliphatic rings. The molecule has 1 aromatic carbocycles. The molecule has 0 fully saturated rings. The summed E-state index contributed by atoms with van der Waals surface area (Å²) in [6.07, 6.45) is 2.55. The Hall–Kier alpha value is -2.04. The Morgan fingerprint density at radius 3 is 2.29 bits per heavy atom. The average molecular weight is 332 g/mol. The van der Waals surface area contributed by atoms with Crippen molar-refractivity contribution in [1.29, 1.82) is 0 Å². The van der Waals surface area contributed by atoms with Crippen LogP contribution in [-0.4, -0.2) is 51.0 Å². The highest BCUT2D eigenvalue weighted by atomic mass is 16.2. The molecule has 0 aliphatic carbocycles. The van der Waals surface area contributed by atoms with Crippen LogP contribution in [0, 0.1) is 0 Å². The molecule has 134 valence electrons. The summed E-state index contributed by atoms with van der Waals surface area (Å²) in [5.41, 5.74) is 2.74. The van der Waals surface area contributed by atoms with Crippen LogP contribution in [-0.2, 0) is 11.2 Å². The highest BCUT2D eigenvalue weighted by Crippen LogP contribution is 2.15. The van der Waals surface area contributed by atoms with E-state index in [1.807, 2.05) is 0 Å². The summed E-state index contributed by atoms with van der Waals surface area (Å²) in [7, 11) is 5.28. The molecular formula is C19H32N4O. The lowest BCUT2D eigenvalue weighted by Gasteiger charge is -2.13. The first kappa shape index (κ1) is 20.0. The summed E-state index contributed by atoms with van der Waals surface area (Å²) < 4.78 is 0. The van der Waals surface area contributed by atoms with Crippen molar-refractivity contribution in [3.63, 3.8) is 0 Å². The Kier molecular flexibility index (Phi) is 8.90. The normalized spacial score (nSPS) is 11.5. The first-order valence-electron chi connectivity index (χ1n) is 8.67. The smallest absolute Gasteiger partial charge is 0.223 e. The molecule has 0 spiro atoms. The maximum Gasteiger partial charge on any atom is 0.223 e. The number of rotatable bonds is 8. The summed E-state index contributed by atoms with van der Waals surface area (Å²) in [4.78, 5) is 17.3. The second-order valence-corrected chi connectivity index (χ2v) is 6.46. The Morgan fingerprint density at radius 1 is 1.12 bits per heavy atom. The molecule has 1 aromatic rings. The highest BCUT2D eigenvalue weighted by molar-refractivity contribution is 5.81. The van der Waals surface area contributed by atoms with Crippen LogP contribution in [0.4, 0.5) is 0 Å². The van der Waals surface area contributed by atoms with E-state index in [2.05, 4.69) is 53.7 Å². The van der Waals surface area contributed by atoms with Crippen LogP contribution in [0.3, 0.4) is 0 Å². The zero-order valence-electron chi connectivity index (χ0n) is 15.7. The Bertz CT molecular complexity index is 521. The number of hydrogen-bond donors (Lipinski definition) is 2. The molecule has 24 heavy (non-hydrogen) atoms. The monoisotopic (exact) mass is 332 g/mol. The topological polar surface area (TPSA) is 56.7 Å². The third-order valence-electron chi connectivity index (χ3n) is 3.93. The average Bonchev–Trinajstić information content (AvgIpc) is 2.57. The second kappa shape index (κ2) is 10.7. The van der Waals surface area contributed by atoms with E-state index in [1.165, 1.54) is 11.1 Å². The molecule has 0 heterocycles. The van der Waals surface area contributed by atoms with Crippen LogP contribution in [0.2, 0.25) is 0 Å². The Balaban J connectivity index is 2.23. The maximum atomic E-state index is 11.5. The fraction of sp³-hybridized carbons (Fsp3) is 0.579. The lowest BCUT2D eigenvalue weighted by Crippen LogP contribution is -2.39. The largest absolute Gasteiger partial charge is 0.356 e. The molecule has 1 amide bonds. The Morgan fingerprint density at radius 2 is 1.75 bits per heavy atom. The van der Waals surface area contributed by atoms with Crippen molar-refractivity contribution in [2.24, 2.45) is 4.99 Å². The Labute approximate surface area is 146 Å². The second-order valence-electron chi connectivity index (χ2n) is 6.46. The lowest BCUT2D eigenvalue weighted by molar-refractivity contribution is -0.128. The van der Waals surface area contributed by atoms with Gasteiger partial charge in [0.05, 0.1) is 0 Å². The van der Waals surface area contributed by atoms with E-state index in [9.17, 15) is 4.79 Å². The van der Waals surface area contributed by atoms with Gasteiger partial charge < -0.3 is 15.5 Å². The van der Waals surface area contributed by atoms with Gasteiger partial charge in [-0.15, -0.1) is 0 Å². The number of guanidine groups is 1. The van der Waals surface area contributed by atoms with Crippen LogP contribution in [0.25, 0.3) is 0 Å². The summed E-state index contributed by atoms with van der Waals surface area (Å²) in [5.74, 6) is 1.44. The van der Waals surface area contributed by atoms with Crippen molar-refractivity contribution in [2.75, 3.05) is 34.2 Å². The summed E-state index contributed by atoms with van der Waals surface area (Å²) in [6.45, 7) is 5.87. The van der Waals surface area contributed by atoms with Gasteiger partial charge in [-0.1, -0.05) is 38.1 Å². The van der Waals surface area contributed by atoms with Gasteiger partial charge >= 0.3 is 0 Å². The molecule has 2 N–H and O–H groups in total. The van der Waals surface area contributed by atoms with Gasteiger partial charge in [0, 0.05) is 40.7 Å². The molecule has 0 bridgehead atoms. The summed E-state index contributed by atoms with van der Waals surface area (Å²) in [5, 5.41) is 6.45. The highest BCUT2D eigenvalue weighted by Gasteiger charge is 2.04. The molecule has 0 unspecified atom stereocenters. The number of nitrogens with one attached hydrogen (secondary N) is 2. The van der Waals surface area contributed by atoms with Gasteiger partial charge in [0.25, 0.3) is 0 Å². The number of carbonyl (C=O) groups is 1. The van der Waals surface area contributed by atoms with Gasteiger partial charge in [0.15, 0.2) is 5.96 Å². The van der Waals surface area contributed by atoms with Crippen LogP contribution in [0.5, 0.6) is 0 Å². The van der Waals surface area contributed by atoms with Crippen LogP contribution >= 0.6 is 0 Å². The first-order valence-corrected chi connectivity index (χ1v) is 8.67. The van der Waals surface area contributed by atoms with Crippen molar-refractivity contribution in [2.45, 2.75) is 39.0 Å². The molecule has 0 radical (unpaired) electrons. The van der Waals surface area contributed by atoms with Crippen LogP contribution < -0.4 is 10.6 Å². The van der Waals surface area contributed by atoms with Crippen LogP contribution in [0.1, 0.15) is 43.7 Å². The standard InChI is InChI=1S/C19H32N4O/c1-15(2)17-10-8-16(9-11-17)7-6-13-21-19(20-3)22-14-12-18(24)23(4)5/h8-11,15H,6-7,12-14H2,1-5H3,(H2,20,21,22). The van der Waals surface area contributed by atoms with Crippen molar-refractivity contribution in [1.82, 2.24) is 15.5 Å². The number of nitrogens with zero attached hydrogens (tertiary/aromatic N) is 2. The maximum absolute atomic E-state index is 11.5. The van der Waals surface area contributed by atoms with E-state index < -0.39 is 0 Å². The van der Waals surface area contributed by atoms with Gasteiger partial charge in [0.1, 0.15) is 0 Å². The molecule has 0 aromatic heterocycles. The summed E-state index contributed by atoms with van der Waals surface area (Å²) in [6, 6.07) is 8.87. The van der Waals surface area contributed by atoms with E-state index in [1.54, 1.807) is 26.0 Å². The quantitative estimate of drug-likeness (QED) is 0.437. The lowest BCUT2D eigenvalue weighted by atomic mass is 10.0. The fourth-order valence-electron chi connectivity index (χ4n) is 2.30. The van der Waals surface area contributed by atoms with Crippen molar-refractivity contribution >= 4 is 11.9 Å². The molecule has 5 heteroatoms. The number of aryl methyl sites for hydroxylation is 1. The molecule has 5 nitrogen and oxygen atoms in total. The van der Waals surface area contributed by atoms with Crippen LogP contribution in [0.15, 0.2) is 29.3 Å². The minimum atomic E-state index is 0.114. The van der Waals surface area contributed by atoms with Gasteiger partial charge in [0.2, 0.25) is 5.91 Å². The zero-order valence-corrected chi connectivity index (χ0v) is 15.7. The SMILES string of the molecule is CN=C(NCCCc1ccc(C(C)C)cc1)NCCC(=O)N(C)C. The van der Waals surface area contributed by atoms with Crippen molar-refractivity contribution in [3.05, 3.63) is 35.4 Å². The fourth-order valence-corrected chi connectivity index (χ4v) is 2.30. The summed E-state index contributed by atoms with van der Waals surface area (Å²) >= 11 is 0. The number of hydrogen-bond acceptors (Lipinski definition) is 2. The minimum absolute atomic E-state index is 0.114. The third-order valence-corrected chi connectivity index (χ3v) is 3.93. The van der Waals surface area contributed by atoms with E-state index in [4.69, 9.17) is 0 Å². The third kappa shape index (κ3) is 7.49. The van der Waals surface area contributed by atoms with Gasteiger partial charge in [-0.3, -0.25) is 9.79 Å². The number of aliphatic imine (C=N–C) groups is 1. The molecule has 0 saturated heterocycles. The van der Waals surface area contributed by atoms with Crippen molar-refractivity contribution < 1.29 is 4.79 Å². The number of carbonyl (C=O) groups excluding carboxylic acids is 1. The molecular weight excluding hydrogens is 300 g/mol. The van der Waals surface area contributed by atoms with Gasteiger partial charge in [-0.05, 0) is 29.9 Å². The zero-order chi connectivity index (χ0) is 17.9. The van der Waals surface area contributed by atoms with E-state index >= 15 is 0 Å². The van der Waals surface area contributed by atoms with Gasteiger partial charge in [-0.25, -0.2) is 0 Å². The number of benzene rings is 1. The molecule has 1 rings (SSSR count).